The molecule has 178 valence electrons. The topological polar surface area (TPSA) is 58.6 Å². The first kappa shape index (κ1) is 24.8. The van der Waals surface area contributed by atoms with Crippen molar-refractivity contribution in [2.24, 2.45) is 11.8 Å². The standard InChI is InChI=1S/C28H38N2O3/c1-6-25(28(32)29-18-20(4)5)33-23-13-12-21-14-15-30(26(31)16-19(2)3)27(24(21)17-23)22-10-8-7-9-11-22/h7-13,17,19-20,25,27H,6,14-16,18H2,1-5H3,(H,29,32)/t25-,27+/m1/s1. The predicted molar refractivity (Wildman–Crippen MR) is 132 cm³/mol. The highest BCUT2D eigenvalue weighted by molar-refractivity contribution is 5.81. The van der Waals surface area contributed by atoms with Crippen molar-refractivity contribution >= 4 is 11.8 Å². The number of fused-ring (bicyclic) bond motifs is 1. The van der Waals surface area contributed by atoms with Gasteiger partial charge in [-0.05, 0) is 53.5 Å². The van der Waals surface area contributed by atoms with E-state index >= 15 is 0 Å². The number of nitrogens with zero attached hydrogens (tertiary/aromatic N) is 1. The summed E-state index contributed by atoms with van der Waals surface area (Å²) < 4.78 is 6.15. The maximum Gasteiger partial charge on any atom is 0.261 e. The Labute approximate surface area is 198 Å². The molecule has 1 aliphatic rings. The molecule has 0 bridgehead atoms. The molecule has 0 unspecified atom stereocenters. The molecular formula is C28H38N2O3. The van der Waals surface area contributed by atoms with Gasteiger partial charge in [0.15, 0.2) is 6.10 Å². The molecular weight excluding hydrogens is 412 g/mol. The number of hydrogen-bond donors (Lipinski definition) is 1. The van der Waals surface area contributed by atoms with Gasteiger partial charge in [-0.15, -0.1) is 0 Å². The largest absolute Gasteiger partial charge is 0.481 e. The van der Waals surface area contributed by atoms with Crippen LogP contribution in [0.5, 0.6) is 5.75 Å². The number of benzene rings is 2. The number of amides is 2. The summed E-state index contributed by atoms with van der Waals surface area (Å²) in [5, 5.41) is 2.97. The Morgan fingerprint density at radius 1 is 1.06 bits per heavy atom. The molecule has 0 fully saturated rings. The molecule has 0 aliphatic carbocycles. The Balaban J connectivity index is 1.91. The van der Waals surface area contributed by atoms with E-state index in [9.17, 15) is 9.59 Å². The van der Waals surface area contributed by atoms with Crippen LogP contribution in [0.25, 0.3) is 0 Å². The zero-order valence-electron chi connectivity index (χ0n) is 20.6. The summed E-state index contributed by atoms with van der Waals surface area (Å²) in [4.78, 5) is 27.8. The molecule has 0 saturated heterocycles. The SMILES string of the molecule is CC[C@@H](Oc1ccc2c(c1)[C@H](c1ccccc1)N(C(=O)CC(C)C)CC2)C(=O)NCC(C)C. The minimum atomic E-state index is -0.542. The van der Waals surface area contributed by atoms with Crippen LogP contribution in [0.2, 0.25) is 0 Å². The first-order valence-corrected chi connectivity index (χ1v) is 12.2. The Morgan fingerprint density at radius 2 is 1.79 bits per heavy atom. The number of rotatable bonds is 9. The Bertz CT molecular complexity index is 939. The summed E-state index contributed by atoms with van der Waals surface area (Å²) in [5.74, 6) is 1.45. The quantitative estimate of drug-likeness (QED) is 0.576. The average molecular weight is 451 g/mol. The molecule has 0 aromatic heterocycles. The van der Waals surface area contributed by atoms with Crippen LogP contribution in [0.4, 0.5) is 0 Å². The number of hydrogen-bond acceptors (Lipinski definition) is 3. The highest BCUT2D eigenvalue weighted by Crippen LogP contribution is 2.38. The molecule has 1 N–H and O–H groups in total. The van der Waals surface area contributed by atoms with Crippen molar-refractivity contribution in [3.05, 3.63) is 65.2 Å². The predicted octanol–water partition coefficient (Wildman–Crippen LogP) is 5.14. The lowest BCUT2D eigenvalue weighted by Gasteiger charge is -2.38. The third-order valence-electron chi connectivity index (χ3n) is 5.99. The van der Waals surface area contributed by atoms with Gasteiger partial charge in [0.25, 0.3) is 5.91 Å². The van der Waals surface area contributed by atoms with Crippen LogP contribution in [0.1, 0.15) is 70.2 Å². The second-order valence-corrected chi connectivity index (χ2v) is 9.76. The van der Waals surface area contributed by atoms with E-state index in [-0.39, 0.29) is 17.9 Å². The molecule has 2 aromatic carbocycles. The normalized spacial score (nSPS) is 16.5. The summed E-state index contributed by atoms with van der Waals surface area (Å²) in [6.45, 7) is 11.6. The Morgan fingerprint density at radius 3 is 2.42 bits per heavy atom. The second-order valence-electron chi connectivity index (χ2n) is 9.76. The molecule has 2 amide bonds. The fourth-order valence-corrected chi connectivity index (χ4v) is 4.30. The summed E-state index contributed by atoms with van der Waals surface area (Å²) in [6.07, 6.45) is 1.39. The Hall–Kier alpha value is -2.82. The summed E-state index contributed by atoms with van der Waals surface area (Å²) in [5.41, 5.74) is 3.40. The van der Waals surface area contributed by atoms with Crippen molar-refractivity contribution < 1.29 is 14.3 Å². The van der Waals surface area contributed by atoms with Gasteiger partial charge in [-0.3, -0.25) is 9.59 Å². The van der Waals surface area contributed by atoms with Crippen molar-refractivity contribution in [2.75, 3.05) is 13.1 Å². The summed E-state index contributed by atoms with van der Waals surface area (Å²) in [6, 6.07) is 16.1. The van der Waals surface area contributed by atoms with Crippen molar-refractivity contribution in [1.82, 2.24) is 10.2 Å². The van der Waals surface area contributed by atoms with Gasteiger partial charge in [-0.25, -0.2) is 0 Å². The number of ether oxygens (including phenoxy) is 1. The Kier molecular flexibility index (Phi) is 8.54. The van der Waals surface area contributed by atoms with E-state index in [1.54, 1.807) is 0 Å². The number of carbonyl (C=O) groups is 2. The molecule has 33 heavy (non-hydrogen) atoms. The zero-order chi connectivity index (χ0) is 24.0. The lowest BCUT2D eigenvalue weighted by Crippen LogP contribution is -2.41. The monoisotopic (exact) mass is 450 g/mol. The van der Waals surface area contributed by atoms with Crippen LogP contribution < -0.4 is 10.1 Å². The van der Waals surface area contributed by atoms with E-state index in [0.29, 0.717) is 43.5 Å². The minimum absolute atomic E-state index is 0.0859. The lowest BCUT2D eigenvalue weighted by atomic mass is 9.87. The third kappa shape index (κ3) is 6.37. The highest BCUT2D eigenvalue weighted by atomic mass is 16.5. The fraction of sp³-hybridized carbons (Fsp3) is 0.500. The van der Waals surface area contributed by atoms with E-state index in [1.165, 1.54) is 5.56 Å². The van der Waals surface area contributed by atoms with Crippen LogP contribution >= 0.6 is 0 Å². The molecule has 3 rings (SSSR count). The van der Waals surface area contributed by atoms with E-state index in [0.717, 1.165) is 17.5 Å². The van der Waals surface area contributed by atoms with E-state index < -0.39 is 6.10 Å². The molecule has 2 aromatic rings. The van der Waals surface area contributed by atoms with E-state index in [1.807, 2.05) is 42.2 Å². The number of nitrogens with one attached hydrogen (secondary N) is 1. The van der Waals surface area contributed by atoms with Gasteiger partial charge in [-0.2, -0.15) is 0 Å². The highest BCUT2D eigenvalue weighted by Gasteiger charge is 2.32. The first-order chi connectivity index (χ1) is 15.8. The fourth-order valence-electron chi connectivity index (χ4n) is 4.30. The van der Waals surface area contributed by atoms with Crippen LogP contribution in [-0.4, -0.2) is 35.9 Å². The zero-order valence-corrected chi connectivity index (χ0v) is 20.6. The van der Waals surface area contributed by atoms with Crippen LogP contribution in [0.3, 0.4) is 0 Å². The van der Waals surface area contributed by atoms with Crippen molar-refractivity contribution in [3.63, 3.8) is 0 Å². The van der Waals surface area contributed by atoms with E-state index in [2.05, 4.69) is 51.2 Å². The van der Waals surface area contributed by atoms with Gasteiger partial charge in [0, 0.05) is 19.5 Å². The maximum atomic E-state index is 13.2. The summed E-state index contributed by atoms with van der Waals surface area (Å²) in [7, 11) is 0. The molecule has 5 nitrogen and oxygen atoms in total. The lowest BCUT2D eigenvalue weighted by molar-refractivity contribution is -0.134. The van der Waals surface area contributed by atoms with Crippen molar-refractivity contribution in [3.8, 4) is 5.75 Å². The van der Waals surface area contributed by atoms with Gasteiger partial charge in [0.2, 0.25) is 5.91 Å². The van der Waals surface area contributed by atoms with Crippen LogP contribution in [0, 0.1) is 11.8 Å². The van der Waals surface area contributed by atoms with Gasteiger partial charge >= 0.3 is 0 Å². The minimum Gasteiger partial charge on any atom is -0.481 e. The summed E-state index contributed by atoms with van der Waals surface area (Å²) >= 11 is 0. The first-order valence-electron chi connectivity index (χ1n) is 12.2. The smallest absolute Gasteiger partial charge is 0.261 e. The van der Waals surface area contributed by atoms with Crippen molar-refractivity contribution in [1.29, 1.82) is 0 Å². The van der Waals surface area contributed by atoms with Gasteiger partial charge in [0.1, 0.15) is 5.75 Å². The second kappa shape index (κ2) is 11.4. The third-order valence-corrected chi connectivity index (χ3v) is 5.99. The van der Waals surface area contributed by atoms with Crippen LogP contribution in [0.15, 0.2) is 48.5 Å². The molecule has 0 spiro atoms. The average Bonchev–Trinajstić information content (AvgIpc) is 2.80. The molecule has 0 saturated carbocycles. The van der Waals surface area contributed by atoms with Crippen molar-refractivity contribution in [2.45, 2.75) is 66.0 Å². The molecule has 2 atom stereocenters. The molecule has 1 aliphatic heterocycles. The van der Waals surface area contributed by atoms with Gasteiger partial charge < -0.3 is 15.0 Å². The van der Waals surface area contributed by atoms with E-state index in [4.69, 9.17) is 4.74 Å². The molecule has 5 heteroatoms. The maximum absolute atomic E-state index is 13.2. The molecule has 0 radical (unpaired) electrons. The van der Waals surface area contributed by atoms with Gasteiger partial charge in [0.05, 0.1) is 6.04 Å². The van der Waals surface area contributed by atoms with Crippen LogP contribution in [-0.2, 0) is 16.0 Å². The molecule has 1 heterocycles. The number of carbonyl (C=O) groups excluding carboxylic acids is 2. The van der Waals surface area contributed by atoms with Gasteiger partial charge in [-0.1, -0.05) is 71.0 Å².